The molecule has 148 valence electrons. The number of anilines is 1. The Morgan fingerprint density at radius 2 is 2.19 bits per heavy atom. The van der Waals surface area contributed by atoms with Crippen LogP contribution in [0.4, 0.5) is 10.5 Å². The molecule has 4 N–H and O–H groups in total. The van der Waals surface area contributed by atoms with Crippen LogP contribution in [0.5, 0.6) is 5.75 Å². The minimum atomic E-state index is -3.83. The Labute approximate surface area is 159 Å². The van der Waals surface area contributed by atoms with Gasteiger partial charge < -0.3 is 20.7 Å². The number of nitrogens with one attached hydrogen (secondary N) is 2. The fourth-order valence-corrected chi connectivity index (χ4v) is 4.04. The number of rotatable bonds is 3. The molecule has 0 radical (unpaired) electrons. The van der Waals surface area contributed by atoms with Crippen LogP contribution in [0.1, 0.15) is 39.2 Å². The first kappa shape index (κ1) is 19.3. The van der Waals surface area contributed by atoms with Gasteiger partial charge in [0.25, 0.3) is 0 Å². The number of fused-ring (bicyclic) bond motifs is 1. The minimum Gasteiger partial charge on any atom is -0.491 e. The molecule has 1 unspecified atom stereocenters. The highest BCUT2D eigenvalue weighted by Crippen LogP contribution is 2.31. The number of nitrogens with two attached hydrogens (primary N) is 1. The van der Waals surface area contributed by atoms with Crippen molar-refractivity contribution in [2.45, 2.75) is 45.2 Å². The maximum atomic E-state index is 12.5. The molecule has 1 aromatic rings. The van der Waals surface area contributed by atoms with Crippen molar-refractivity contribution in [3.8, 4) is 5.75 Å². The molecule has 1 saturated heterocycles. The molecule has 27 heavy (non-hydrogen) atoms. The van der Waals surface area contributed by atoms with Crippen LogP contribution in [0, 0.1) is 0 Å². The van der Waals surface area contributed by atoms with E-state index in [1.54, 1.807) is 23.1 Å². The first-order valence-electron chi connectivity index (χ1n) is 8.79. The summed E-state index contributed by atoms with van der Waals surface area (Å²) in [6.45, 7) is 6.77. The van der Waals surface area contributed by atoms with E-state index < -0.39 is 10.2 Å². The first-order valence-corrected chi connectivity index (χ1v) is 10.2. The molecule has 1 fully saturated rings. The monoisotopic (exact) mass is 395 g/mol. The molecule has 0 aliphatic carbocycles. The SMILES string of the molecule is CC(C)(C)NC(=O)N1CCCC1COc1cccc2c1C(N)=NS(=O)(=O)N2. The molecule has 1 atom stereocenters. The maximum absolute atomic E-state index is 12.5. The Morgan fingerprint density at radius 1 is 1.44 bits per heavy atom. The van der Waals surface area contributed by atoms with E-state index in [1.165, 1.54) is 0 Å². The number of carbonyl (C=O) groups excluding carboxylic acids is 1. The van der Waals surface area contributed by atoms with Gasteiger partial charge in [0.15, 0.2) is 5.84 Å². The molecule has 1 aromatic carbocycles. The van der Waals surface area contributed by atoms with Crippen LogP contribution in [-0.2, 0) is 10.2 Å². The Hall–Kier alpha value is -2.49. The zero-order valence-electron chi connectivity index (χ0n) is 15.7. The van der Waals surface area contributed by atoms with Gasteiger partial charge in [0.2, 0.25) is 0 Å². The predicted octanol–water partition coefficient (Wildman–Crippen LogP) is 1.41. The molecule has 2 heterocycles. The van der Waals surface area contributed by atoms with Crippen molar-refractivity contribution in [3.05, 3.63) is 23.8 Å². The van der Waals surface area contributed by atoms with Crippen LogP contribution >= 0.6 is 0 Å². The van der Waals surface area contributed by atoms with Crippen LogP contribution in [-0.4, -0.2) is 49.9 Å². The van der Waals surface area contributed by atoms with E-state index in [9.17, 15) is 13.2 Å². The quantitative estimate of drug-likeness (QED) is 0.713. The van der Waals surface area contributed by atoms with Crippen molar-refractivity contribution < 1.29 is 17.9 Å². The summed E-state index contributed by atoms with van der Waals surface area (Å²) in [5.74, 6) is 0.312. The van der Waals surface area contributed by atoms with Crippen molar-refractivity contribution in [3.63, 3.8) is 0 Å². The third-order valence-electron chi connectivity index (χ3n) is 4.29. The summed E-state index contributed by atoms with van der Waals surface area (Å²) in [5.41, 5.74) is 6.25. The summed E-state index contributed by atoms with van der Waals surface area (Å²) in [4.78, 5) is 14.3. The van der Waals surface area contributed by atoms with Crippen molar-refractivity contribution in [1.29, 1.82) is 0 Å². The predicted molar refractivity (Wildman–Crippen MR) is 103 cm³/mol. The van der Waals surface area contributed by atoms with E-state index in [0.29, 0.717) is 23.5 Å². The molecule has 0 aromatic heterocycles. The van der Waals surface area contributed by atoms with E-state index >= 15 is 0 Å². The summed E-state index contributed by atoms with van der Waals surface area (Å²) >= 11 is 0. The summed E-state index contributed by atoms with van der Waals surface area (Å²) < 4.78 is 35.1. The third-order valence-corrected chi connectivity index (χ3v) is 5.21. The highest BCUT2D eigenvalue weighted by Gasteiger charge is 2.32. The number of ether oxygens (including phenoxy) is 1. The molecule has 2 aliphatic heterocycles. The van der Waals surface area contributed by atoms with Gasteiger partial charge in [-0.25, -0.2) is 4.79 Å². The van der Waals surface area contributed by atoms with Gasteiger partial charge in [0, 0.05) is 12.1 Å². The van der Waals surface area contributed by atoms with Gasteiger partial charge in [-0.2, -0.15) is 8.42 Å². The Balaban J connectivity index is 1.73. The molecule has 2 amide bonds. The second-order valence-corrected chi connectivity index (χ2v) is 9.05. The van der Waals surface area contributed by atoms with Crippen LogP contribution < -0.4 is 20.5 Å². The summed E-state index contributed by atoms with van der Waals surface area (Å²) in [7, 11) is -3.83. The Kier molecular flexibility index (Phi) is 4.94. The van der Waals surface area contributed by atoms with E-state index in [0.717, 1.165) is 12.8 Å². The maximum Gasteiger partial charge on any atom is 0.344 e. The van der Waals surface area contributed by atoms with Crippen LogP contribution in [0.3, 0.4) is 0 Å². The average Bonchev–Trinajstić information content (AvgIpc) is 2.98. The molecule has 9 nitrogen and oxygen atoms in total. The fourth-order valence-electron chi connectivity index (χ4n) is 3.19. The molecule has 2 aliphatic rings. The van der Waals surface area contributed by atoms with E-state index in [2.05, 4.69) is 14.4 Å². The molecular formula is C17H25N5O4S. The number of carbonyl (C=O) groups is 1. The van der Waals surface area contributed by atoms with Crippen LogP contribution in [0.15, 0.2) is 22.6 Å². The number of benzene rings is 1. The number of hydrogen-bond donors (Lipinski definition) is 3. The number of likely N-dealkylation sites (tertiary alicyclic amines) is 1. The van der Waals surface area contributed by atoms with Gasteiger partial charge in [-0.1, -0.05) is 6.07 Å². The molecule has 3 rings (SSSR count). The summed E-state index contributed by atoms with van der Waals surface area (Å²) in [6.07, 6.45) is 1.74. The zero-order valence-corrected chi connectivity index (χ0v) is 16.5. The van der Waals surface area contributed by atoms with Crippen LogP contribution in [0.25, 0.3) is 0 Å². The van der Waals surface area contributed by atoms with Crippen molar-refractivity contribution in [2.24, 2.45) is 10.1 Å². The van der Waals surface area contributed by atoms with E-state index in [4.69, 9.17) is 10.5 Å². The summed E-state index contributed by atoms with van der Waals surface area (Å²) in [6, 6.07) is 4.79. The van der Waals surface area contributed by atoms with Gasteiger partial charge >= 0.3 is 16.2 Å². The Bertz CT molecular complexity index is 876. The lowest BCUT2D eigenvalue weighted by molar-refractivity contribution is 0.159. The van der Waals surface area contributed by atoms with Gasteiger partial charge in [0.05, 0.1) is 17.3 Å². The van der Waals surface area contributed by atoms with Crippen molar-refractivity contribution in [2.75, 3.05) is 17.9 Å². The number of amidine groups is 1. The molecule has 0 bridgehead atoms. The smallest absolute Gasteiger partial charge is 0.344 e. The fraction of sp³-hybridized carbons (Fsp3) is 0.529. The standard InChI is InChI=1S/C17H25N5O4S/c1-17(2,3)19-16(23)22-9-5-6-11(22)10-26-13-8-4-7-12-14(13)15(18)21-27(24,25)20-12/h4,7-8,11,20H,5-6,9-10H2,1-3H3,(H2,18,21)(H,19,23). The second kappa shape index (κ2) is 6.91. The van der Waals surface area contributed by atoms with Gasteiger partial charge in [-0.3, -0.25) is 4.72 Å². The largest absolute Gasteiger partial charge is 0.491 e. The lowest BCUT2D eigenvalue weighted by atomic mass is 10.1. The van der Waals surface area contributed by atoms with Gasteiger partial charge in [-0.05, 0) is 45.7 Å². The van der Waals surface area contributed by atoms with Crippen molar-refractivity contribution >= 4 is 27.8 Å². The lowest BCUT2D eigenvalue weighted by Gasteiger charge is -2.30. The number of nitrogens with zero attached hydrogens (tertiary/aromatic N) is 2. The topological polar surface area (TPSA) is 126 Å². The van der Waals surface area contributed by atoms with E-state index in [1.807, 2.05) is 20.8 Å². The average molecular weight is 395 g/mol. The highest BCUT2D eigenvalue weighted by atomic mass is 32.2. The third kappa shape index (κ3) is 4.44. The van der Waals surface area contributed by atoms with Crippen molar-refractivity contribution in [1.82, 2.24) is 10.2 Å². The lowest BCUT2D eigenvalue weighted by Crippen LogP contribution is -2.51. The molecular weight excluding hydrogens is 370 g/mol. The molecule has 0 saturated carbocycles. The van der Waals surface area contributed by atoms with Gasteiger partial charge in [-0.15, -0.1) is 4.40 Å². The Morgan fingerprint density at radius 3 is 2.89 bits per heavy atom. The number of urea groups is 1. The van der Waals surface area contributed by atoms with E-state index in [-0.39, 0.29) is 30.1 Å². The highest BCUT2D eigenvalue weighted by molar-refractivity contribution is 7.91. The van der Waals surface area contributed by atoms with Gasteiger partial charge in [0.1, 0.15) is 12.4 Å². The normalized spacial score (nSPS) is 21.1. The summed E-state index contributed by atoms with van der Waals surface area (Å²) in [5, 5.41) is 2.97. The number of amides is 2. The molecule has 10 heteroatoms. The zero-order chi connectivity index (χ0) is 19.8. The molecule has 0 spiro atoms. The second-order valence-electron chi connectivity index (χ2n) is 7.71. The van der Waals surface area contributed by atoms with Crippen LogP contribution in [0.2, 0.25) is 0 Å². The minimum absolute atomic E-state index is 0.0679. The first-order chi connectivity index (χ1) is 12.6. The number of hydrogen-bond acceptors (Lipinski definition) is 5.